The number of halogens is 3. The molecule has 2 aromatic carbocycles. The molecule has 0 aliphatic carbocycles. The average molecular weight is 562 g/mol. The molecule has 0 spiro atoms. The number of ether oxygens (including phenoxy) is 2. The molecule has 7 nitrogen and oxygen atoms in total. The Morgan fingerprint density at radius 1 is 1.12 bits per heavy atom. The minimum absolute atomic E-state index is 0. The SMILES string of the molecule is CCOc1cccc(CNC(=NC)NCC(=O)Nc2cccc(CC)c2)c1OC(F)F.I. The third kappa shape index (κ3) is 8.85. The number of rotatable bonds is 10. The molecule has 0 fully saturated rings. The van der Waals surface area contributed by atoms with E-state index in [1.54, 1.807) is 32.2 Å². The summed E-state index contributed by atoms with van der Waals surface area (Å²) in [4.78, 5) is 16.3. The second kappa shape index (κ2) is 14.4. The summed E-state index contributed by atoms with van der Waals surface area (Å²) in [7, 11) is 1.55. The molecule has 0 saturated heterocycles. The minimum Gasteiger partial charge on any atom is -0.490 e. The van der Waals surface area contributed by atoms with Gasteiger partial charge in [-0.1, -0.05) is 31.2 Å². The lowest BCUT2D eigenvalue weighted by Crippen LogP contribution is -2.41. The summed E-state index contributed by atoms with van der Waals surface area (Å²) in [5.74, 6) is 0.299. The first-order valence-corrected chi connectivity index (χ1v) is 9.99. The topological polar surface area (TPSA) is 84.0 Å². The number of alkyl halides is 2. The second-order valence-corrected chi connectivity index (χ2v) is 6.44. The van der Waals surface area contributed by atoms with Crippen LogP contribution in [-0.4, -0.2) is 38.7 Å². The minimum atomic E-state index is -2.98. The number of carbonyl (C=O) groups is 1. The first kappa shape index (κ1) is 27.4. The van der Waals surface area contributed by atoms with Gasteiger partial charge in [-0.25, -0.2) is 0 Å². The molecule has 176 valence electrons. The number of aliphatic imine (C=N–C) groups is 1. The second-order valence-electron chi connectivity index (χ2n) is 6.44. The molecule has 2 aromatic rings. The number of carbonyl (C=O) groups excluding carboxylic acids is 1. The maximum Gasteiger partial charge on any atom is 0.387 e. The summed E-state index contributed by atoms with van der Waals surface area (Å²) in [5.41, 5.74) is 2.31. The highest BCUT2D eigenvalue weighted by Gasteiger charge is 2.16. The molecule has 1 amide bonds. The molecule has 2 rings (SSSR count). The van der Waals surface area contributed by atoms with Crippen molar-refractivity contribution in [2.45, 2.75) is 33.4 Å². The fraction of sp³-hybridized carbons (Fsp3) is 0.364. The monoisotopic (exact) mass is 562 g/mol. The van der Waals surface area contributed by atoms with Crippen molar-refractivity contribution in [3.63, 3.8) is 0 Å². The van der Waals surface area contributed by atoms with Crippen LogP contribution in [0, 0.1) is 0 Å². The number of para-hydroxylation sites is 1. The maximum absolute atomic E-state index is 12.8. The van der Waals surface area contributed by atoms with E-state index in [2.05, 4.69) is 25.7 Å². The van der Waals surface area contributed by atoms with Crippen LogP contribution in [0.15, 0.2) is 47.5 Å². The number of hydrogen-bond donors (Lipinski definition) is 3. The van der Waals surface area contributed by atoms with Gasteiger partial charge >= 0.3 is 6.61 Å². The Morgan fingerprint density at radius 3 is 2.53 bits per heavy atom. The van der Waals surface area contributed by atoms with Gasteiger partial charge in [0.05, 0.1) is 13.2 Å². The number of aryl methyl sites for hydroxylation is 1. The van der Waals surface area contributed by atoms with Gasteiger partial charge in [0.1, 0.15) is 0 Å². The molecule has 0 saturated carbocycles. The molecule has 0 aliphatic heterocycles. The van der Waals surface area contributed by atoms with E-state index in [9.17, 15) is 13.6 Å². The number of nitrogens with zero attached hydrogens (tertiary/aromatic N) is 1. The predicted molar refractivity (Wildman–Crippen MR) is 132 cm³/mol. The third-order valence-corrected chi connectivity index (χ3v) is 4.27. The first-order chi connectivity index (χ1) is 15.0. The normalized spacial score (nSPS) is 10.9. The van der Waals surface area contributed by atoms with Crippen molar-refractivity contribution in [1.29, 1.82) is 0 Å². The lowest BCUT2D eigenvalue weighted by Gasteiger charge is -2.17. The standard InChI is InChI=1S/C22H28F2N4O3.HI/c1-4-15-8-6-10-17(12-15)28-19(29)14-27-22(25-3)26-13-16-9-7-11-18(30-5-2)20(16)31-21(23)24;/h6-12,21H,4-5,13-14H2,1-3H3,(H,28,29)(H2,25,26,27);1H. The molecule has 32 heavy (non-hydrogen) atoms. The molecular weight excluding hydrogens is 533 g/mol. The number of amides is 1. The quantitative estimate of drug-likeness (QED) is 0.230. The highest BCUT2D eigenvalue weighted by Crippen LogP contribution is 2.32. The first-order valence-electron chi connectivity index (χ1n) is 9.99. The van der Waals surface area contributed by atoms with Crippen molar-refractivity contribution in [2.24, 2.45) is 4.99 Å². The number of benzene rings is 2. The Labute approximate surface area is 204 Å². The van der Waals surface area contributed by atoms with E-state index in [-0.39, 0.29) is 54.5 Å². The lowest BCUT2D eigenvalue weighted by atomic mass is 10.1. The summed E-state index contributed by atoms with van der Waals surface area (Å²) in [6.45, 7) is 1.26. The molecule has 0 aliphatic rings. The van der Waals surface area contributed by atoms with Crippen LogP contribution in [0.1, 0.15) is 25.0 Å². The lowest BCUT2D eigenvalue weighted by molar-refractivity contribution is -0.115. The van der Waals surface area contributed by atoms with Crippen LogP contribution < -0.4 is 25.4 Å². The van der Waals surface area contributed by atoms with E-state index >= 15 is 0 Å². The fourth-order valence-corrected chi connectivity index (χ4v) is 2.83. The van der Waals surface area contributed by atoms with Crippen LogP contribution in [0.2, 0.25) is 0 Å². The number of guanidine groups is 1. The van der Waals surface area contributed by atoms with Gasteiger partial charge in [-0.05, 0) is 37.1 Å². The molecule has 0 radical (unpaired) electrons. The van der Waals surface area contributed by atoms with Crippen molar-refractivity contribution in [3.8, 4) is 11.5 Å². The van der Waals surface area contributed by atoms with Gasteiger partial charge in [-0.2, -0.15) is 8.78 Å². The molecule has 0 atom stereocenters. The number of anilines is 1. The van der Waals surface area contributed by atoms with Gasteiger partial charge in [0, 0.05) is 24.8 Å². The van der Waals surface area contributed by atoms with E-state index in [0.717, 1.165) is 17.7 Å². The van der Waals surface area contributed by atoms with Gasteiger partial charge in [0.25, 0.3) is 0 Å². The maximum atomic E-state index is 12.8. The van der Waals surface area contributed by atoms with Crippen molar-refractivity contribution in [3.05, 3.63) is 53.6 Å². The van der Waals surface area contributed by atoms with Gasteiger partial charge < -0.3 is 25.4 Å². The van der Waals surface area contributed by atoms with E-state index in [1.807, 2.05) is 31.2 Å². The number of hydrogen-bond acceptors (Lipinski definition) is 4. The van der Waals surface area contributed by atoms with Crippen LogP contribution >= 0.6 is 24.0 Å². The van der Waals surface area contributed by atoms with Crippen molar-refractivity contribution in [2.75, 3.05) is 25.5 Å². The highest BCUT2D eigenvalue weighted by atomic mass is 127. The highest BCUT2D eigenvalue weighted by molar-refractivity contribution is 14.0. The summed E-state index contributed by atoms with van der Waals surface area (Å²) < 4.78 is 35.7. The van der Waals surface area contributed by atoms with Gasteiger partial charge in [-0.15, -0.1) is 24.0 Å². The Morgan fingerprint density at radius 2 is 1.88 bits per heavy atom. The van der Waals surface area contributed by atoms with E-state index in [1.165, 1.54) is 0 Å². The van der Waals surface area contributed by atoms with E-state index < -0.39 is 6.61 Å². The molecule has 0 bridgehead atoms. The van der Waals surface area contributed by atoms with Crippen molar-refractivity contribution >= 4 is 41.5 Å². The fourth-order valence-electron chi connectivity index (χ4n) is 2.83. The van der Waals surface area contributed by atoms with Crippen LogP contribution in [0.3, 0.4) is 0 Å². The van der Waals surface area contributed by atoms with Crippen LogP contribution in [0.4, 0.5) is 14.5 Å². The zero-order valence-corrected chi connectivity index (χ0v) is 20.6. The zero-order chi connectivity index (χ0) is 22.6. The Kier molecular flexibility index (Phi) is 12.4. The van der Waals surface area contributed by atoms with Gasteiger partial charge in [0.2, 0.25) is 5.91 Å². The summed E-state index contributed by atoms with van der Waals surface area (Å²) in [5, 5.41) is 8.70. The Hall–Kier alpha value is -2.63. The molecule has 0 aromatic heterocycles. The zero-order valence-electron chi connectivity index (χ0n) is 18.3. The van der Waals surface area contributed by atoms with E-state index in [0.29, 0.717) is 18.1 Å². The Bertz CT molecular complexity index is 897. The summed E-state index contributed by atoms with van der Waals surface area (Å²) >= 11 is 0. The molecule has 0 unspecified atom stereocenters. The van der Waals surface area contributed by atoms with E-state index in [4.69, 9.17) is 4.74 Å². The molecule has 3 N–H and O–H groups in total. The largest absolute Gasteiger partial charge is 0.490 e. The Balaban J connectivity index is 0.00000512. The number of nitrogens with one attached hydrogen (secondary N) is 3. The summed E-state index contributed by atoms with van der Waals surface area (Å²) in [6.07, 6.45) is 0.875. The molecule has 10 heteroatoms. The molecular formula is C22H29F2IN4O3. The van der Waals surface area contributed by atoms with Crippen molar-refractivity contribution < 1.29 is 23.0 Å². The van der Waals surface area contributed by atoms with Crippen LogP contribution in [-0.2, 0) is 17.8 Å². The summed E-state index contributed by atoms with van der Waals surface area (Å²) in [6, 6.07) is 12.5. The molecule has 0 heterocycles. The van der Waals surface area contributed by atoms with Crippen LogP contribution in [0.5, 0.6) is 11.5 Å². The third-order valence-electron chi connectivity index (χ3n) is 4.27. The average Bonchev–Trinajstić information content (AvgIpc) is 2.75. The van der Waals surface area contributed by atoms with Gasteiger partial charge in [-0.3, -0.25) is 9.79 Å². The van der Waals surface area contributed by atoms with Gasteiger partial charge in [0.15, 0.2) is 17.5 Å². The van der Waals surface area contributed by atoms with Crippen molar-refractivity contribution in [1.82, 2.24) is 10.6 Å². The smallest absolute Gasteiger partial charge is 0.387 e. The van der Waals surface area contributed by atoms with Crippen LogP contribution in [0.25, 0.3) is 0 Å². The predicted octanol–water partition coefficient (Wildman–Crippen LogP) is 4.17.